The normalized spacial score (nSPS) is 21.2. The quantitative estimate of drug-likeness (QED) is 0.647. The van der Waals surface area contributed by atoms with Gasteiger partial charge in [0.05, 0.1) is 11.5 Å². The van der Waals surface area contributed by atoms with Crippen molar-refractivity contribution < 1.29 is 8.42 Å². The predicted octanol–water partition coefficient (Wildman–Crippen LogP) is 1.62. The fraction of sp³-hybridized carbons (Fsp3) is 0.588. The van der Waals surface area contributed by atoms with E-state index in [-0.39, 0.29) is 23.0 Å². The first kappa shape index (κ1) is 17.8. The van der Waals surface area contributed by atoms with Crippen LogP contribution in [0, 0.1) is 6.92 Å². The minimum Gasteiger partial charge on any atom is -0.356 e. The Hall–Kier alpha value is -1.56. The zero-order valence-corrected chi connectivity index (χ0v) is 15.2. The molecule has 1 saturated heterocycles. The highest BCUT2D eigenvalue weighted by atomic mass is 32.2. The van der Waals surface area contributed by atoms with Crippen molar-refractivity contribution in [1.82, 2.24) is 10.6 Å². The second-order valence-corrected chi connectivity index (χ2v) is 9.15. The Balaban J connectivity index is 1.95. The monoisotopic (exact) mass is 337 g/mol. The van der Waals surface area contributed by atoms with Gasteiger partial charge in [-0.1, -0.05) is 43.7 Å². The molecule has 0 bridgehead atoms. The molecule has 1 aromatic carbocycles. The number of aliphatic imine (C=N–C) groups is 1. The van der Waals surface area contributed by atoms with Crippen molar-refractivity contribution in [3.8, 4) is 0 Å². The molecule has 128 valence electrons. The van der Waals surface area contributed by atoms with E-state index in [1.165, 1.54) is 11.1 Å². The molecule has 0 aliphatic carbocycles. The van der Waals surface area contributed by atoms with Gasteiger partial charge in [-0.25, -0.2) is 8.42 Å². The lowest BCUT2D eigenvalue weighted by Gasteiger charge is -2.27. The van der Waals surface area contributed by atoms with Crippen LogP contribution >= 0.6 is 0 Å². The van der Waals surface area contributed by atoms with Crippen LogP contribution in [0.2, 0.25) is 0 Å². The van der Waals surface area contributed by atoms with Gasteiger partial charge in [-0.2, -0.15) is 0 Å². The molecule has 1 aliphatic heterocycles. The second-order valence-electron chi connectivity index (χ2n) is 6.92. The molecule has 1 heterocycles. The van der Waals surface area contributed by atoms with Crippen molar-refractivity contribution in [2.45, 2.75) is 38.6 Å². The summed E-state index contributed by atoms with van der Waals surface area (Å²) < 4.78 is 23.1. The van der Waals surface area contributed by atoms with Crippen LogP contribution in [0.1, 0.15) is 31.4 Å². The Bertz CT molecular complexity index is 681. The third kappa shape index (κ3) is 4.96. The molecule has 0 aromatic heterocycles. The van der Waals surface area contributed by atoms with E-state index in [0.717, 1.165) is 6.54 Å². The molecule has 0 radical (unpaired) electrons. The number of hydrogen-bond acceptors (Lipinski definition) is 3. The summed E-state index contributed by atoms with van der Waals surface area (Å²) in [4.78, 5) is 4.21. The van der Waals surface area contributed by atoms with Gasteiger partial charge >= 0.3 is 0 Å². The molecule has 1 atom stereocenters. The molecular formula is C17H27N3O2S. The zero-order valence-electron chi connectivity index (χ0n) is 14.4. The van der Waals surface area contributed by atoms with E-state index in [2.05, 4.69) is 60.7 Å². The maximum absolute atomic E-state index is 11.5. The van der Waals surface area contributed by atoms with Crippen molar-refractivity contribution in [1.29, 1.82) is 0 Å². The highest BCUT2D eigenvalue weighted by molar-refractivity contribution is 7.91. The summed E-state index contributed by atoms with van der Waals surface area (Å²) in [5, 5.41) is 6.54. The van der Waals surface area contributed by atoms with E-state index >= 15 is 0 Å². The minimum atomic E-state index is -2.89. The zero-order chi connectivity index (χ0) is 17.1. The van der Waals surface area contributed by atoms with Gasteiger partial charge in [-0.15, -0.1) is 0 Å². The van der Waals surface area contributed by atoms with E-state index in [0.29, 0.717) is 12.4 Å². The van der Waals surface area contributed by atoms with Crippen LogP contribution in [-0.2, 0) is 15.3 Å². The minimum absolute atomic E-state index is 0.0479. The first-order chi connectivity index (χ1) is 10.7. The molecule has 2 rings (SSSR count). The number of hydrogen-bond donors (Lipinski definition) is 2. The lowest BCUT2D eigenvalue weighted by atomic mass is 9.84. The van der Waals surface area contributed by atoms with Gasteiger partial charge in [0.1, 0.15) is 0 Å². The summed E-state index contributed by atoms with van der Waals surface area (Å²) in [6, 6.07) is 8.44. The number of rotatable bonds is 4. The molecule has 0 amide bonds. The average molecular weight is 337 g/mol. The summed E-state index contributed by atoms with van der Waals surface area (Å²) in [6.45, 7) is 7.17. The van der Waals surface area contributed by atoms with Crippen LogP contribution in [-0.4, -0.2) is 45.5 Å². The average Bonchev–Trinajstić information content (AvgIpc) is 2.82. The number of sulfone groups is 1. The third-order valence-corrected chi connectivity index (χ3v) is 6.06. The van der Waals surface area contributed by atoms with Gasteiger partial charge in [0, 0.05) is 25.0 Å². The largest absolute Gasteiger partial charge is 0.356 e. The van der Waals surface area contributed by atoms with Gasteiger partial charge < -0.3 is 10.6 Å². The topological polar surface area (TPSA) is 70.6 Å². The smallest absolute Gasteiger partial charge is 0.191 e. The van der Waals surface area contributed by atoms with Gasteiger partial charge in [-0.05, 0) is 18.9 Å². The van der Waals surface area contributed by atoms with Crippen LogP contribution in [0.3, 0.4) is 0 Å². The first-order valence-corrected chi connectivity index (χ1v) is 9.79. The third-order valence-electron chi connectivity index (χ3n) is 4.29. The van der Waals surface area contributed by atoms with Crippen LogP contribution in [0.4, 0.5) is 0 Å². The summed E-state index contributed by atoms with van der Waals surface area (Å²) in [7, 11) is -1.18. The Morgan fingerprint density at radius 2 is 2.13 bits per heavy atom. The summed E-state index contributed by atoms with van der Waals surface area (Å²) in [5.74, 6) is 1.11. The van der Waals surface area contributed by atoms with Crippen molar-refractivity contribution in [2.75, 3.05) is 25.1 Å². The molecule has 2 N–H and O–H groups in total. The highest BCUT2D eigenvalue weighted by Gasteiger charge is 2.29. The van der Waals surface area contributed by atoms with E-state index in [4.69, 9.17) is 0 Å². The predicted molar refractivity (Wildman–Crippen MR) is 95.8 cm³/mol. The van der Waals surface area contributed by atoms with Gasteiger partial charge in [0.2, 0.25) is 0 Å². The van der Waals surface area contributed by atoms with Gasteiger partial charge in [-0.3, -0.25) is 4.99 Å². The standard InChI is InChI=1S/C17H27N3O2S/c1-13-6-5-7-14(10-13)17(2,3)12-19-16(18-4)20-15-8-9-23(21,22)11-15/h5-7,10,15H,8-9,11-12H2,1-4H3,(H2,18,19,20). The highest BCUT2D eigenvalue weighted by Crippen LogP contribution is 2.23. The van der Waals surface area contributed by atoms with E-state index in [1.807, 2.05) is 0 Å². The molecule has 1 unspecified atom stereocenters. The van der Waals surface area contributed by atoms with Crippen LogP contribution in [0.25, 0.3) is 0 Å². The summed E-state index contributed by atoms with van der Waals surface area (Å²) in [5.41, 5.74) is 2.46. The van der Waals surface area contributed by atoms with Crippen molar-refractivity contribution in [3.05, 3.63) is 35.4 Å². The number of aryl methyl sites for hydroxylation is 1. The fourth-order valence-corrected chi connectivity index (χ4v) is 4.44. The van der Waals surface area contributed by atoms with E-state index in [1.54, 1.807) is 7.05 Å². The maximum Gasteiger partial charge on any atom is 0.191 e. The maximum atomic E-state index is 11.5. The number of nitrogens with zero attached hydrogens (tertiary/aromatic N) is 1. The molecule has 23 heavy (non-hydrogen) atoms. The van der Waals surface area contributed by atoms with Gasteiger partial charge in [0.15, 0.2) is 15.8 Å². The Morgan fingerprint density at radius 3 is 2.70 bits per heavy atom. The number of nitrogens with one attached hydrogen (secondary N) is 2. The van der Waals surface area contributed by atoms with E-state index < -0.39 is 9.84 Å². The SMILES string of the molecule is CN=C(NCC(C)(C)c1cccc(C)c1)NC1CCS(=O)(=O)C1. The van der Waals surface area contributed by atoms with Crippen molar-refractivity contribution in [3.63, 3.8) is 0 Å². The number of benzene rings is 1. The van der Waals surface area contributed by atoms with Crippen LogP contribution < -0.4 is 10.6 Å². The molecule has 0 saturated carbocycles. The second kappa shape index (κ2) is 6.91. The van der Waals surface area contributed by atoms with Gasteiger partial charge in [0.25, 0.3) is 0 Å². The molecule has 6 heteroatoms. The molecule has 0 spiro atoms. The van der Waals surface area contributed by atoms with Crippen LogP contribution in [0.5, 0.6) is 0 Å². The lowest BCUT2D eigenvalue weighted by molar-refractivity contribution is 0.505. The molecule has 1 aliphatic rings. The summed E-state index contributed by atoms with van der Waals surface area (Å²) >= 11 is 0. The lowest BCUT2D eigenvalue weighted by Crippen LogP contribution is -2.47. The van der Waals surface area contributed by atoms with Crippen LogP contribution in [0.15, 0.2) is 29.3 Å². The van der Waals surface area contributed by atoms with Crippen molar-refractivity contribution >= 4 is 15.8 Å². The molecule has 1 fully saturated rings. The Labute approximate surface area is 139 Å². The Morgan fingerprint density at radius 1 is 1.39 bits per heavy atom. The number of guanidine groups is 1. The molecular weight excluding hydrogens is 310 g/mol. The Kier molecular flexibility index (Phi) is 5.34. The molecule has 5 nitrogen and oxygen atoms in total. The molecule has 1 aromatic rings. The summed E-state index contributed by atoms with van der Waals surface area (Å²) in [6.07, 6.45) is 0.643. The first-order valence-electron chi connectivity index (χ1n) is 7.97. The fourth-order valence-electron chi connectivity index (χ4n) is 2.77. The van der Waals surface area contributed by atoms with Crippen molar-refractivity contribution in [2.24, 2.45) is 4.99 Å². The van der Waals surface area contributed by atoms with E-state index in [9.17, 15) is 8.42 Å².